The Kier molecular flexibility index (Phi) is 5.28. The number of aromatic nitrogens is 2. The Bertz CT molecular complexity index is 874. The van der Waals surface area contributed by atoms with Crippen molar-refractivity contribution in [3.63, 3.8) is 0 Å². The van der Waals surface area contributed by atoms with Gasteiger partial charge in [-0.05, 0) is 50.2 Å². The van der Waals surface area contributed by atoms with Gasteiger partial charge in [0.15, 0.2) is 10.9 Å². The number of thioether (sulfide) groups is 1. The number of H-pyrrole nitrogens is 1. The van der Waals surface area contributed by atoms with Gasteiger partial charge >= 0.3 is 0 Å². The maximum atomic E-state index is 12.6. The number of nitrogens with one attached hydrogen (secondary N) is 1. The number of carbonyl (C=O) groups is 1. The summed E-state index contributed by atoms with van der Waals surface area (Å²) in [6.07, 6.45) is 0. The average molecular weight is 356 g/mol. The molecule has 1 atom stereocenters. The van der Waals surface area contributed by atoms with E-state index < -0.39 is 0 Å². The first-order valence-corrected chi connectivity index (χ1v) is 8.96. The van der Waals surface area contributed by atoms with Crippen LogP contribution in [0, 0.1) is 0 Å². The molecule has 0 aliphatic heterocycles. The molecular weight excluding hydrogens is 336 g/mol. The van der Waals surface area contributed by atoms with E-state index in [2.05, 4.69) is 9.97 Å². The van der Waals surface area contributed by atoms with Gasteiger partial charge < -0.3 is 14.5 Å². The number of methoxy groups -OCH3 is 1. The summed E-state index contributed by atoms with van der Waals surface area (Å²) in [6.45, 7) is 4.42. The molecule has 130 valence electrons. The van der Waals surface area contributed by atoms with E-state index in [1.54, 1.807) is 19.2 Å². The van der Waals surface area contributed by atoms with Crippen LogP contribution in [0.15, 0.2) is 47.6 Å². The predicted molar refractivity (Wildman–Crippen MR) is 99.9 cm³/mol. The number of hydrogen-bond donors (Lipinski definition) is 1. The lowest BCUT2D eigenvalue weighted by molar-refractivity contribution is 0.0994. The van der Waals surface area contributed by atoms with Crippen LogP contribution in [0.1, 0.15) is 24.2 Å². The summed E-state index contributed by atoms with van der Waals surface area (Å²) in [4.78, 5) is 20.4. The topological polar surface area (TPSA) is 64.2 Å². The number of carbonyl (C=O) groups excluding carboxylic acids is 1. The van der Waals surface area contributed by atoms with E-state index in [4.69, 9.17) is 9.47 Å². The molecule has 0 unspecified atom stereocenters. The third kappa shape index (κ3) is 3.96. The molecule has 1 N–H and O–H groups in total. The Morgan fingerprint density at radius 1 is 1.20 bits per heavy atom. The highest BCUT2D eigenvalue weighted by molar-refractivity contribution is 8.00. The van der Waals surface area contributed by atoms with Crippen molar-refractivity contribution in [2.75, 3.05) is 13.7 Å². The predicted octanol–water partition coefficient (Wildman–Crippen LogP) is 4.33. The zero-order valence-electron chi connectivity index (χ0n) is 14.4. The number of fused-ring (bicyclic) bond motifs is 1. The summed E-state index contributed by atoms with van der Waals surface area (Å²) in [5, 5.41) is 0.468. The summed E-state index contributed by atoms with van der Waals surface area (Å²) >= 11 is 1.41. The minimum Gasteiger partial charge on any atom is -0.497 e. The summed E-state index contributed by atoms with van der Waals surface area (Å²) in [7, 11) is 1.63. The highest BCUT2D eigenvalue weighted by atomic mass is 32.2. The zero-order chi connectivity index (χ0) is 17.8. The molecule has 2 aromatic carbocycles. The van der Waals surface area contributed by atoms with E-state index >= 15 is 0 Å². The van der Waals surface area contributed by atoms with Crippen molar-refractivity contribution in [1.82, 2.24) is 9.97 Å². The molecule has 0 aliphatic carbocycles. The van der Waals surface area contributed by atoms with E-state index in [0.29, 0.717) is 12.2 Å². The minimum atomic E-state index is -0.250. The van der Waals surface area contributed by atoms with Crippen LogP contribution in [0.4, 0.5) is 0 Å². The third-order valence-corrected chi connectivity index (χ3v) is 4.76. The van der Waals surface area contributed by atoms with Gasteiger partial charge in [0, 0.05) is 11.6 Å². The fraction of sp³-hybridized carbons (Fsp3) is 0.263. The lowest BCUT2D eigenvalue weighted by atomic mass is 10.1. The molecule has 0 radical (unpaired) electrons. The second-order valence-electron chi connectivity index (χ2n) is 5.51. The molecule has 3 rings (SSSR count). The maximum absolute atomic E-state index is 12.6. The highest BCUT2D eigenvalue weighted by Gasteiger charge is 2.18. The molecule has 0 saturated carbocycles. The first-order valence-electron chi connectivity index (χ1n) is 8.08. The molecule has 3 aromatic rings. The molecule has 0 saturated heterocycles. The first kappa shape index (κ1) is 17.4. The Labute approximate surface area is 150 Å². The molecule has 25 heavy (non-hydrogen) atoms. The molecule has 6 heteroatoms. The number of nitrogens with zero attached hydrogens (tertiary/aromatic N) is 1. The number of rotatable bonds is 7. The van der Waals surface area contributed by atoms with Crippen LogP contribution in [0.2, 0.25) is 0 Å². The smallest absolute Gasteiger partial charge is 0.175 e. The maximum Gasteiger partial charge on any atom is 0.175 e. The van der Waals surface area contributed by atoms with Gasteiger partial charge in [0.25, 0.3) is 0 Å². The summed E-state index contributed by atoms with van der Waals surface area (Å²) in [5.41, 5.74) is 2.41. The van der Waals surface area contributed by atoms with Crippen molar-refractivity contribution in [3.05, 3.63) is 48.0 Å². The van der Waals surface area contributed by atoms with Crippen LogP contribution >= 0.6 is 11.8 Å². The molecule has 1 aromatic heterocycles. The molecule has 0 bridgehead atoms. The van der Waals surface area contributed by atoms with E-state index in [1.807, 2.05) is 44.2 Å². The lowest BCUT2D eigenvalue weighted by Gasteiger charge is -2.09. The van der Waals surface area contributed by atoms with Crippen molar-refractivity contribution in [1.29, 1.82) is 0 Å². The molecule has 0 aliphatic rings. The normalized spacial score (nSPS) is 12.1. The van der Waals surface area contributed by atoms with Crippen molar-refractivity contribution >= 4 is 28.6 Å². The fourth-order valence-corrected chi connectivity index (χ4v) is 3.38. The second-order valence-corrected chi connectivity index (χ2v) is 6.84. The van der Waals surface area contributed by atoms with E-state index in [9.17, 15) is 4.79 Å². The molecule has 5 nitrogen and oxygen atoms in total. The van der Waals surface area contributed by atoms with E-state index in [0.717, 1.165) is 27.7 Å². The second kappa shape index (κ2) is 7.61. The van der Waals surface area contributed by atoms with Crippen LogP contribution in [0.3, 0.4) is 0 Å². The molecular formula is C19H20N2O3S. The Hall–Kier alpha value is -2.47. The first-order chi connectivity index (χ1) is 12.1. The number of hydrogen-bond acceptors (Lipinski definition) is 5. The van der Waals surface area contributed by atoms with Gasteiger partial charge in [0.05, 0.1) is 30.0 Å². The summed E-state index contributed by atoms with van der Waals surface area (Å²) in [5.74, 6) is 1.60. The number of aromatic amines is 1. The molecule has 0 amide bonds. The molecule has 0 spiro atoms. The van der Waals surface area contributed by atoms with E-state index in [1.165, 1.54) is 11.8 Å². The van der Waals surface area contributed by atoms with Crippen LogP contribution in [0.5, 0.6) is 11.5 Å². The van der Waals surface area contributed by atoms with Crippen molar-refractivity contribution in [3.8, 4) is 11.5 Å². The summed E-state index contributed by atoms with van der Waals surface area (Å²) < 4.78 is 10.6. The Balaban J connectivity index is 1.72. The van der Waals surface area contributed by atoms with Crippen molar-refractivity contribution < 1.29 is 14.3 Å². The van der Waals surface area contributed by atoms with Gasteiger partial charge in [-0.1, -0.05) is 11.8 Å². The van der Waals surface area contributed by atoms with Crippen LogP contribution in [0.25, 0.3) is 11.0 Å². The number of imidazole rings is 1. The number of benzene rings is 2. The highest BCUT2D eigenvalue weighted by Crippen LogP contribution is 2.27. The lowest BCUT2D eigenvalue weighted by Crippen LogP contribution is -2.13. The van der Waals surface area contributed by atoms with Gasteiger partial charge in [-0.25, -0.2) is 4.98 Å². The van der Waals surface area contributed by atoms with Crippen molar-refractivity contribution in [2.24, 2.45) is 0 Å². The largest absolute Gasteiger partial charge is 0.497 e. The minimum absolute atomic E-state index is 0.0612. The van der Waals surface area contributed by atoms with Gasteiger partial charge in [-0.15, -0.1) is 0 Å². The fourth-order valence-electron chi connectivity index (χ4n) is 2.49. The average Bonchev–Trinajstić information content (AvgIpc) is 3.03. The number of Topliss-reactive ketones (excluding diaryl/α,β-unsaturated/α-hetero) is 1. The van der Waals surface area contributed by atoms with Crippen LogP contribution in [-0.4, -0.2) is 34.7 Å². The molecule has 1 heterocycles. The van der Waals surface area contributed by atoms with Gasteiger partial charge in [-0.2, -0.15) is 0 Å². The Morgan fingerprint density at radius 3 is 2.60 bits per heavy atom. The van der Waals surface area contributed by atoms with Gasteiger partial charge in [-0.3, -0.25) is 4.79 Å². The van der Waals surface area contributed by atoms with Crippen molar-refractivity contribution in [2.45, 2.75) is 24.3 Å². The third-order valence-electron chi connectivity index (χ3n) is 3.77. The quantitative estimate of drug-likeness (QED) is 0.504. The summed E-state index contributed by atoms with van der Waals surface area (Å²) in [6, 6.07) is 12.9. The van der Waals surface area contributed by atoms with Crippen LogP contribution < -0.4 is 9.47 Å². The van der Waals surface area contributed by atoms with E-state index in [-0.39, 0.29) is 11.0 Å². The standard InChI is InChI=1S/C19H20N2O3S/c1-4-24-14-7-5-13(6-8-14)18(22)12(2)25-19-20-16-10-9-15(23-3)11-17(16)21-19/h5-12H,4H2,1-3H3,(H,20,21)/t12-/m0/s1. The Morgan fingerprint density at radius 2 is 1.92 bits per heavy atom. The van der Waals surface area contributed by atoms with Crippen LogP contribution in [-0.2, 0) is 0 Å². The SMILES string of the molecule is CCOc1ccc(C(=O)[C@H](C)Sc2nc3ccc(OC)cc3[nH]2)cc1. The zero-order valence-corrected chi connectivity index (χ0v) is 15.2. The number of ketones is 1. The molecule has 0 fully saturated rings. The number of ether oxygens (including phenoxy) is 2. The van der Waals surface area contributed by atoms with Gasteiger partial charge in [0.1, 0.15) is 11.5 Å². The monoisotopic (exact) mass is 356 g/mol. The van der Waals surface area contributed by atoms with Gasteiger partial charge in [0.2, 0.25) is 0 Å².